The number of benzene rings is 3. The average molecular weight is 504 g/mol. The number of para-hydroxylation sites is 1. The van der Waals surface area contributed by atoms with Crippen molar-refractivity contribution in [1.82, 2.24) is 14.8 Å². The van der Waals surface area contributed by atoms with Gasteiger partial charge in [-0.25, -0.2) is 4.68 Å². The Morgan fingerprint density at radius 1 is 1.11 bits per heavy atom. The predicted molar refractivity (Wildman–Crippen MR) is 150 cm³/mol. The van der Waals surface area contributed by atoms with Crippen molar-refractivity contribution in [2.24, 2.45) is 5.73 Å². The Morgan fingerprint density at radius 3 is 2.66 bits per heavy atom. The molecule has 7 heteroatoms. The number of nitrogens with one attached hydrogen (secondary N) is 1. The van der Waals surface area contributed by atoms with Crippen LogP contribution in [0.5, 0.6) is 0 Å². The van der Waals surface area contributed by atoms with Crippen molar-refractivity contribution < 1.29 is 9.53 Å². The van der Waals surface area contributed by atoms with Gasteiger partial charge in [-0.3, -0.25) is 9.78 Å². The van der Waals surface area contributed by atoms with Crippen LogP contribution in [0.4, 0.5) is 5.69 Å². The Balaban J connectivity index is 1.51. The van der Waals surface area contributed by atoms with Gasteiger partial charge in [-0.05, 0) is 68.5 Å². The molecule has 3 N–H and O–H groups in total. The van der Waals surface area contributed by atoms with E-state index in [2.05, 4.69) is 36.5 Å². The summed E-state index contributed by atoms with van der Waals surface area (Å²) in [4.78, 5) is 16.7. The molecule has 2 bridgehead atoms. The summed E-state index contributed by atoms with van der Waals surface area (Å²) in [6.45, 7) is 2.06. The van der Waals surface area contributed by atoms with E-state index < -0.39 is 5.91 Å². The minimum Gasteiger partial charge on any atom is -0.387 e. The molecule has 38 heavy (non-hydrogen) atoms. The number of carbonyl (C=O) groups is 1. The van der Waals surface area contributed by atoms with Crippen LogP contribution in [0.25, 0.3) is 38.6 Å². The first-order valence-corrected chi connectivity index (χ1v) is 13.2. The second-order valence-electron chi connectivity index (χ2n) is 10.5. The van der Waals surface area contributed by atoms with E-state index in [1.165, 1.54) is 5.56 Å². The molecule has 0 saturated carbocycles. The third kappa shape index (κ3) is 3.35. The number of carbonyl (C=O) groups excluding carboxylic acids is 1. The van der Waals surface area contributed by atoms with Gasteiger partial charge in [0.15, 0.2) is 0 Å². The molecule has 1 amide bonds. The van der Waals surface area contributed by atoms with Crippen molar-refractivity contribution in [3.8, 4) is 16.8 Å². The smallest absolute Gasteiger partial charge is 0.250 e. The normalized spacial score (nSPS) is 20.4. The Morgan fingerprint density at radius 2 is 1.92 bits per heavy atom. The Hall–Kier alpha value is -4.23. The van der Waals surface area contributed by atoms with Gasteiger partial charge in [0.1, 0.15) is 0 Å². The van der Waals surface area contributed by atoms with Crippen LogP contribution in [-0.4, -0.2) is 33.8 Å². The topological polar surface area (TPSA) is 95.1 Å². The minimum atomic E-state index is -0.468. The molecule has 7 rings (SSSR count). The molecule has 0 aliphatic carbocycles. The van der Waals surface area contributed by atoms with E-state index in [9.17, 15) is 4.79 Å². The summed E-state index contributed by atoms with van der Waals surface area (Å²) in [7, 11) is 1.79. The molecule has 2 saturated heterocycles. The SMILES string of the molecule is CNc1cc(-n2nc(C)c3c(-c4cnc5ccccc5c4)ccc(C45CCC(CC4)O5)c32)ccc1C(N)=O. The summed E-state index contributed by atoms with van der Waals surface area (Å²) < 4.78 is 8.63. The van der Waals surface area contributed by atoms with Gasteiger partial charge in [-0.2, -0.15) is 5.10 Å². The molecule has 0 spiro atoms. The van der Waals surface area contributed by atoms with Crippen molar-refractivity contribution in [2.75, 3.05) is 12.4 Å². The zero-order chi connectivity index (χ0) is 26.0. The van der Waals surface area contributed by atoms with Crippen molar-refractivity contribution in [2.45, 2.75) is 44.3 Å². The van der Waals surface area contributed by atoms with E-state index in [0.29, 0.717) is 17.4 Å². The Labute approximate surface area is 220 Å². The monoisotopic (exact) mass is 503 g/mol. The molecule has 7 nitrogen and oxygen atoms in total. The fraction of sp³-hybridized carbons (Fsp3) is 0.258. The largest absolute Gasteiger partial charge is 0.387 e. The van der Waals surface area contributed by atoms with Crippen LogP contribution in [0.15, 0.2) is 66.9 Å². The number of fused-ring (bicyclic) bond motifs is 4. The van der Waals surface area contributed by atoms with Gasteiger partial charge in [0.05, 0.1) is 39.7 Å². The summed E-state index contributed by atoms with van der Waals surface area (Å²) >= 11 is 0. The van der Waals surface area contributed by atoms with E-state index in [1.807, 2.05) is 41.2 Å². The van der Waals surface area contributed by atoms with Gasteiger partial charge in [-0.15, -0.1) is 0 Å². The van der Waals surface area contributed by atoms with Crippen LogP contribution in [0, 0.1) is 6.92 Å². The number of hydrogen-bond donors (Lipinski definition) is 2. The Bertz CT molecular complexity index is 1750. The van der Waals surface area contributed by atoms with Crippen LogP contribution < -0.4 is 11.1 Å². The number of pyridine rings is 1. The lowest BCUT2D eigenvalue weighted by Gasteiger charge is -2.27. The highest BCUT2D eigenvalue weighted by Gasteiger charge is 2.48. The van der Waals surface area contributed by atoms with Crippen LogP contribution in [0.2, 0.25) is 0 Å². The standard InChI is InChI=1S/C31H29N5O2/c1-18-28-23(20-15-19-5-3-4-6-26(19)34-17-20)9-10-25(31-13-11-22(38-31)12-14-31)29(28)36(35-18)21-7-8-24(30(32)37)27(16-21)33-2/h3-10,15-17,22,33H,11-14H2,1-2H3,(H2,32,37). The van der Waals surface area contributed by atoms with Gasteiger partial charge < -0.3 is 15.8 Å². The first-order chi connectivity index (χ1) is 18.5. The third-order valence-corrected chi connectivity index (χ3v) is 8.31. The van der Waals surface area contributed by atoms with Crippen LogP contribution in [0.1, 0.15) is 47.3 Å². The summed E-state index contributed by atoms with van der Waals surface area (Å²) in [5, 5.41) is 10.4. The van der Waals surface area contributed by atoms with E-state index >= 15 is 0 Å². The summed E-state index contributed by atoms with van der Waals surface area (Å²) in [6.07, 6.45) is 6.47. The quantitative estimate of drug-likeness (QED) is 0.313. The molecule has 2 aliphatic heterocycles. The maximum absolute atomic E-state index is 12.0. The molecule has 4 heterocycles. The number of rotatable bonds is 5. The van der Waals surface area contributed by atoms with Crippen LogP contribution in [-0.2, 0) is 10.3 Å². The van der Waals surface area contributed by atoms with Crippen LogP contribution in [0.3, 0.4) is 0 Å². The molecule has 2 aliphatic rings. The highest BCUT2D eigenvalue weighted by molar-refractivity contribution is 6.02. The van der Waals surface area contributed by atoms with Gasteiger partial charge >= 0.3 is 0 Å². The molecule has 5 aromatic rings. The zero-order valence-corrected chi connectivity index (χ0v) is 21.5. The lowest BCUT2D eigenvalue weighted by Crippen LogP contribution is -2.22. The number of primary amides is 1. The van der Waals surface area contributed by atoms with Gasteiger partial charge in [0, 0.05) is 40.8 Å². The molecule has 2 aromatic heterocycles. The maximum atomic E-state index is 12.0. The van der Waals surface area contributed by atoms with Crippen LogP contribution >= 0.6 is 0 Å². The van der Waals surface area contributed by atoms with E-state index in [0.717, 1.165) is 70.0 Å². The number of nitrogens with zero attached hydrogens (tertiary/aromatic N) is 3. The molecule has 2 fully saturated rings. The number of aryl methyl sites for hydroxylation is 1. The molecular weight excluding hydrogens is 474 g/mol. The lowest BCUT2D eigenvalue weighted by atomic mass is 9.81. The maximum Gasteiger partial charge on any atom is 0.250 e. The molecular formula is C31H29N5O2. The van der Waals surface area contributed by atoms with E-state index in [1.54, 1.807) is 13.1 Å². The fourth-order valence-corrected chi connectivity index (χ4v) is 6.47. The number of ether oxygens (including phenoxy) is 1. The molecule has 3 aromatic carbocycles. The molecule has 190 valence electrons. The minimum absolute atomic E-state index is 0.299. The summed E-state index contributed by atoms with van der Waals surface area (Å²) in [6, 6.07) is 20.4. The number of amides is 1. The van der Waals surface area contributed by atoms with E-state index in [-0.39, 0.29) is 5.60 Å². The molecule has 0 radical (unpaired) electrons. The first-order valence-electron chi connectivity index (χ1n) is 13.2. The van der Waals surface area contributed by atoms with Crippen molar-refractivity contribution >= 4 is 33.4 Å². The van der Waals surface area contributed by atoms with Gasteiger partial charge in [0.25, 0.3) is 5.91 Å². The van der Waals surface area contributed by atoms with Gasteiger partial charge in [0.2, 0.25) is 0 Å². The summed E-state index contributed by atoms with van der Waals surface area (Å²) in [5.74, 6) is -0.468. The number of aromatic nitrogens is 3. The highest BCUT2D eigenvalue weighted by Crippen LogP contribution is 2.53. The first kappa shape index (κ1) is 22.9. The molecule has 0 unspecified atom stereocenters. The number of nitrogens with two attached hydrogens (primary N) is 1. The molecule has 0 atom stereocenters. The van der Waals surface area contributed by atoms with Gasteiger partial charge in [-0.1, -0.05) is 30.3 Å². The van der Waals surface area contributed by atoms with Crippen molar-refractivity contribution in [1.29, 1.82) is 0 Å². The van der Waals surface area contributed by atoms with Crippen molar-refractivity contribution in [3.63, 3.8) is 0 Å². The second-order valence-corrected chi connectivity index (χ2v) is 10.5. The zero-order valence-electron chi connectivity index (χ0n) is 21.5. The Kier molecular flexibility index (Phi) is 5.07. The average Bonchev–Trinajstić information content (AvgIpc) is 3.66. The predicted octanol–water partition coefficient (Wildman–Crippen LogP) is 5.86. The number of anilines is 1. The second kappa shape index (κ2) is 8.39. The number of hydrogen-bond acceptors (Lipinski definition) is 5. The van der Waals surface area contributed by atoms with E-state index in [4.69, 9.17) is 20.6 Å². The third-order valence-electron chi connectivity index (χ3n) is 8.31. The summed E-state index contributed by atoms with van der Waals surface area (Å²) in [5.41, 5.74) is 13.6. The lowest BCUT2D eigenvalue weighted by molar-refractivity contribution is 0.0110. The van der Waals surface area contributed by atoms with Crippen molar-refractivity contribution in [3.05, 3.63) is 83.7 Å². The fourth-order valence-electron chi connectivity index (χ4n) is 6.47. The highest BCUT2D eigenvalue weighted by atomic mass is 16.5.